The Morgan fingerprint density at radius 1 is 1.07 bits per heavy atom. The average molecular weight is 399 g/mol. The molecular weight excluding hydrogens is 364 g/mol. The third kappa shape index (κ3) is 4.27. The van der Waals surface area contributed by atoms with Crippen LogP contribution in [0.1, 0.15) is 55.3 Å². The van der Waals surface area contributed by atoms with E-state index < -0.39 is 0 Å². The Hall–Kier alpha value is -2.08. The SMILES string of the molecule is CN(C)CCN(C)C(=O)c1ccc(NC(=O)NC23CC4CCCC(C4)(C2)C3)cc1. The number of rotatable bonds is 6. The zero-order valence-corrected chi connectivity index (χ0v) is 18.0. The highest BCUT2D eigenvalue weighted by molar-refractivity contribution is 5.95. The van der Waals surface area contributed by atoms with Crippen molar-refractivity contribution in [1.82, 2.24) is 15.1 Å². The van der Waals surface area contributed by atoms with Gasteiger partial charge in [0.15, 0.2) is 0 Å². The fraction of sp³-hybridized carbons (Fsp3) is 0.652. The predicted molar refractivity (Wildman–Crippen MR) is 115 cm³/mol. The second-order valence-corrected chi connectivity index (χ2v) is 9.99. The first-order chi connectivity index (χ1) is 13.8. The summed E-state index contributed by atoms with van der Waals surface area (Å²) in [5, 5.41) is 6.24. The lowest BCUT2D eigenvalue weighted by Gasteiger charge is -2.65. The molecule has 0 aromatic heterocycles. The summed E-state index contributed by atoms with van der Waals surface area (Å²) in [4.78, 5) is 28.9. The maximum atomic E-state index is 12.6. The number of anilines is 1. The Bertz CT molecular complexity index is 762. The van der Waals surface area contributed by atoms with Crippen molar-refractivity contribution in [1.29, 1.82) is 0 Å². The summed E-state index contributed by atoms with van der Waals surface area (Å²) in [5.41, 5.74) is 1.89. The van der Waals surface area contributed by atoms with E-state index in [0.717, 1.165) is 37.4 Å². The first kappa shape index (κ1) is 20.2. The van der Waals surface area contributed by atoms with E-state index >= 15 is 0 Å². The molecule has 4 aliphatic carbocycles. The minimum atomic E-state index is -0.123. The highest BCUT2D eigenvalue weighted by atomic mass is 16.2. The summed E-state index contributed by atoms with van der Waals surface area (Å²) < 4.78 is 0. The fourth-order valence-electron chi connectivity index (χ4n) is 6.07. The molecule has 3 amide bonds. The van der Waals surface area contributed by atoms with Crippen LogP contribution in [0, 0.1) is 11.3 Å². The Morgan fingerprint density at radius 2 is 1.79 bits per heavy atom. The van der Waals surface area contributed by atoms with Crippen LogP contribution >= 0.6 is 0 Å². The van der Waals surface area contributed by atoms with Gasteiger partial charge in [-0.25, -0.2) is 4.79 Å². The number of nitrogens with zero attached hydrogens (tertiary/aromatic N) is 2. The van der Waals surface area contributed by atoms with Crippen LogP contribution in [0.5, 0.6) is 0 Å². The monoisotopic (exact) mass is 398 g/mol. The van der Waals surface area contributed by atoms with Crippen LogP contribution in [0.4, 0.5) is 10.5 Å². The van der Waals surface area contributed by atoms with Crippen LogP contribution in [0.2, 0.25) is 0 Å². The van der Waals surface area contributed by atoms with Crippen molar-refractivity contribution in [3.63, 3.8) is 0 Å². The van der Waals surface area contributed by atoms with Gasteiger partial charge in [0.25, 0.3) is 5.91 Å². The summed E-state index contributed by atoms with van der Waals surface area (Å²) in [6.07, 6.45) is 8.83. The predicted octanol–water partition coefficient (Wildman–Crippen LogP) is 3.55. The van der Waals surface area contributed by atoms with Gasteiger partial charge in [0.05, 0.1) is 0 Å². The normalized spacial score (nSPS) is 29.7. The molecule has 0 heterocycles. The van der Waals surface area contributed by atoms with Gasteiger partial charge >= 0.3 is 6.03 Å². The van der Waals surface area contributed by atoms with Crippen molar-refractivity contribution in [3.05, 3.63) is 29.8 Å². The maximum absolute atomic E-state index is 12.6. The molecule has 4 fully saturated rings. The van der Waals surface area contributed by atoms with Crippen LogP contribution in [0.15, 0.2) is 24.3 Å². The molecule has 1 unspecified atom stereocenters. The number of nitrogens with one attached hydrogen (secondary N) is 2. The molecule has 3 bridgehead atoms. The van der Waals surface area contributed by atoms with Gasteiger partial charge in [0.1, 0.15) is 0 Å². The van der Waals surface area contributed by atoms with E-state index in [1.807, 2.05) is 33.3 Å². The number of urea groups is 1. The lowest BCUT2D eigenvalue weighted by Crippen LogP contribution is -2.67. The zero-order valence-electron chi connectivity index (χ0n) is 18.0. The number of carbonyl (C=O) groups excluding carboxylic acids is 2. The van der Waals surface area contributed by atoms with Crippen molar-refractivity contribution < 1.29 is 9.59 Å². The summed E-state index contributed by atoms with van der Waals surface area (Å²) >= 11 is 0. The largest absolute Gasteiger partial charge is 0.340 e. The summed E-state index contributed by atoms with van der Waals surface area (Å²) in [7, 11) is 5.80. The zero-order chi connectivity index (χ0) is 20.6. The molecule has 0 saturated heterocycles. The minimum Gasteiger partial charge on any atom is -0.340 e. The number of hydrogen-bond donors (Lipinski definition) is 2. The topological polar surface area (TPSA) is 64.7 Å². The minimum absolute atomic E-state index is 0.00440. The standard InChI is InChI=1S/C23H34N4O2/c1-26(2)11-12-27(3)20(28)18-6-8-19(9-7-18)24-21(29)25-23-14-17-5-4-10-22(13-17,15-23)16-23/h6-9,17H,4-5,10-16H2,1-3H3,(H2,24,25,29). The first-order valence-corrected chi connectivity index (χ1v) is 10.9. The molecule has 158 valence electrons. The van der Waals surface area contributed by atoms with Crippen molar-refractivity contribution in [2.75, 3.05) is 39.5 Å². The summed E-state index contributed by atoms with van der Waals surface area (Å²) in [5.74, 6) is 0.789. The van der Waals surface area contributed by atoms with Gasteiger partial charge in [0, 0.05) is 36.9 Å². The lowest BCUT2D eigenvalue weighted by atomic mass is 9.43. The number of benzene rings is 1. The molecule has 4 saturated carbocycles. The number of likely N-dealkylation sites (N-methyl/N-ethyl adjacent to an activating group) is 2. The molecule has 4 aliphatic rings. The molecule has 0 radical (unpaired) electrons. The molecule has 5 rings (SSSR count). The third-order valence-electron chi connectivity index (χ3n) is 7.15. The number of hydrogen-bond acceptors (Lipinski definition) is 3. The van der Waals surface area contributed by atoms with Crippen molar-refractivity contribution in [3.8, 4) is 0 Å². The smallest absolute Gasteiger partial charge is 0.319 e. The number of carbonyl (C=O) groups is 2. The Balaban J connectivity index is 1.30. The second kappa shape index (κ2) is 7.63. The summed E-state index contributed by atoms with van der Waals surface area (Å²) in [6, 6.07) is 7.06. The molecule has 1 spiro atoms. The van der Waals surface area contributed by atoms with Gasteiger partial charge in [-0.15, -0.1) is 0 Å². The molecule has 1 aromatic carbocycles. The Labute approximate surface area is 174 Å². The van der Waals surface area contributed by atoms with E-state index in [4.69, 9.17) is 0 Å². The molecule has 1 atom stereocenters. The Kier molecular flexibility index (Phi) is 5.32. The van der Waals surface area contributed by atoms with Crippen molar-refractivity contribution in [2.24, 2.45) is 11.3 Å². The lowest BCUT2D eigenvalue weighted by molar-refractivity contribution is -0.102. The van der Waals surface area contributed by atoms with Gasteiger partial charge in [0.2, 0.25) is 0 Å². The van der Waals surface area contributed by atoms with Crippen molar-refractivity contribution in [2.45, 2.75) is 50.5 Å². The van der Waals surface area contributed by atoms with Gasteiger partial charge in [-0.1, -0.05) is 12.8 Å². The van der Waals surface area contributed by atoms with E-state index in [1.54, 1.807) is 17.0 Å². The molecule has 29 heavy (non-hydrogen) atoms. The van der Waals surface area contributed by atoms with Crippen LogP contribution in [0.25, 0.3) is 0 Å². The van der Waals surface area contributed by atoms with Crippen LogP contribution < -0.4 is 10.6 Å². The molecule has 1 aromatic rings. The molecule has 6 nitrogen and oxygen atoms in total. The maximum Gasteiger partial charge on any atom is 0.319 e. The number of amides is 3. The van der Waals surface area contributed by atoms with Gasteiger partial charge < -0.3 is 20.4 Å². The van der Waals surface area contributed by atoms with E-state index in [-0.39, 0.29) is 17.5 Å². The Morgan fingerprint density at radius 3 is 2.45 bits per heavy atom. The highest BCUT2D eigenvalue weighted by Gasteiger charge is 2.61. The highest BCUT2D eigenvalue weighted by Crippen LogP contribution is 2.65. The average Bonchev–Trinajstić information content (AvgIpc) is 2.64. The van der Waals surface area contributed by atoms with Gasteiger partial charge in [-0.2, -0.15) is 0 Å². The van der Waals surface area contributed by atoms with Gasteiger partial charge in [-0.05, 0) is 81.8 Å². The van der Waals surface area contributed by atoms with Crippen molar-refractivity contribution >= 4 is 17.6 Å². The van der Waals surface area contributed by atoms with E-state index in [2.05, 4.69) is 15.5 Å². The van der Waals surface area contributed by atoms with Crippen LogP contribution in [-0.2, 0) is 0 Å². The first-order valence-electron chi connectivity index (χ1n) is 10.9. The van der Waals surface area contributed by atoms with Gasteiger partial charge in [-0.3, -0.25) is 4.79 Å². The second-order valence-electron chi connectivity index (χ2n) is 9.99. The summed E-state index contributed by atoms with van der Waals surface area (Å²) in [6.45, 7) is 1.50. The third-order valence-corrected chi connectivity index (χ3v) is 7.15. The quantitative estimate of drug-likeness (QED) is 0.770. The molecule has 2 N–H and O–H groups in total. The van der Waals surface area contributed by atoms with E-state index in [1.165, 1.54) is 25.7 Å². The van der Waals surface area contributed by atoms with E-state index in [9.17, 15) is 9.59 Å². The molecular formula is C23H34N4O2. The van der Waals surface area contributed by atoms with E-state index in [0.29, 0.717) is 17.5 Å². The molecule has 0 aliphatic heterocycles. The van der Waals surface area contributed by atoms with Crippen LogP contribution in [-0.4, -0.2) is 61.5 Å². The van der Waals surface area contributed by atoms with Crippen LogP contribution in [0.3, 0.4) is 0 Å². The fourth-order valence-corrected chi connectivity index (χ4v) is 6.07. The molecule has 6 heteroatoms.